The second kappa shape index (κ2) is 5.84. The monoisotopic (exact) mass is 343 g/mol. The first-order valence-corrected chi connectivity index (χ1v) is 8.62. The molecule has 26 heavy (non-hydrogen) atoms. The lowest BCUT2D eigenvalue weighted by Gasteiger charge is -2.38. The van der Waals surface area contributed by atoms with Crippen LogP contribution in [0.2, 0.25) is 0 Å². The molecule has 128 valence electrons. The van der Waals surface area contributed by atoms with Crippen molar-refractivity contribution in [3.8, 4) is 11.3 Å². The maximum atomic E-state index is 12.6. The van der Waals surface area contributed by atoms with Crippen LogP contribution in [0.3, 0.4) is 0 Å². The van der Waals surface area contributed by atoms with Crippen LogP contribution in [-0.4, -0.2) is 43.9 Å². The molecular weight excluding hydrogens is 326 g/mol. The Hall–Kier alpha value is -3.41. The van der Waals surface area contributed by atoms with Gasteiger partial charge in [0.25, 0.3) is 5.91 Å². The maximum Gasteiger partial charge on any atom is 0.270 e. The summed E-state index contributed by atoms with van der Waals surface area (Å²) in [6.07, 6.45) is 1.95. The van der Waals surface area contributed by atoms with Crippen molar-refractivity contribution < 1.29 is 4.79 Å². The van der Waals surface area contributed by atoms with Crippen molar-refractivity contribution >= 4 is 16.8 Å². The summed E-state index contributed by atoms with van der Waals surface area (Å²) < 4.78 is 1.86. The number of carbonyl (C=O) groups is 1. The number of likely N-dealkylation sites (tertiary alicyclic amines) is 1. The van der Waals surface area contributed by atoms with Gasteiger partial charge in [0.1, 0.15) is 11.4 Å². The van der Waals surface area contributed by atoms with Gasteiger partial charge in [-0.3, -0.25) is 4.79 Å². The van der Waals surface area contributed by atoms with Crippen LogP contribution in [0.25, 0.3) is 22.2 Å². The number of para-hydroxylation sites is 1. The number of aromatic amines is 1. The highest BCUT2D eigenvalue weighted by molar-refractivity contribution is 5.98. The van der Waals surface area contributed by atoms with Gasteiger partial charge >= 0.3 is 0 Å². The van der Waals surface area contributed by atoms with Gasteiger partial charge < -0.3 is 9.88 Å². The fourth-order valence-electron chi connectivity index (χ4n) is 3.34. The van der Waals surface area contributed by atoms with E-state index in [0.29, 0.717) is 18.8 Å². The number of nitrogens with one attached hydrogen (secondary N) is 1. The van der Waals surface area contributed by atoms with E-state index in [9.17, 15) is 4.79 Å². The molecule has 1 aliphatic heterocycles. The molecule has 4 aromatic rings. The van der Waals surface area contributed by atoms with Crippen LogP contribution in [0, 0.1) is 0 Å². The third kappa shape index (κ3) is 2.47. The molecule has 1 amide bonds. The summed E-state index contributed by atoms with van der Waals surface area (Å²) in [6, 6.07) is 20.0. The number of aromatic nitrogens is 4. The second-order valence-electron chi connectivity index (χ2n) is 6.58. The van der Waals surface area contributed by atoms with Crippen LogP contribution in [-0.2, 0) is 0 Å². The molecule has 0 spiro atoms. The molecule has 1 aliphatic rings. The fraction of sp³-hybridized carbons (Fsp3) is 0.150. The van der Waals surface area contributed by atoms with Gasteiger partial charge in [0.05, 0.1) is 12.2 Å². The average Bonchev–Trinajstić information content (AvgIpc) is 3.28. The number of hydrogen-bond donors (Lipinski definition) is 1. The van der Waals surface area contributed by atoms with E-state index in [2.05, 4.69) is 15.3 Å². The van der Waals surface area contributed by atoms with Crippen molar-refractivity contribution in [2.45, 2.75) is 6.04 Å². The van der Waals surface area contributed by atoms with Crippen molar-refractivity contribution in [1.29, 1.82) is 0 Å². The van der Waals surface area contributed by atoms with Gasteiger partial charge in [0.15, 0.2) is 0 Å². The summed E-state index contributed by atoms with van der Waals surface area (Å²) in [5.41, 5.74) is 3.51. The number of fused-ring (bicyclic) bond motifs is 1. The number of rotatable bonds is 3. The highest BCUT2D eigenvalue weighted by atomic mass is 16.2. The molecule has 0 radical (unpaired) electrons. The molecular formula is C20H17N5O. The molecule has 0 atom stereocenters. The van der Waals surface area contributed by atoms with E-state index >= 15 is 0 Å². The predicted molar refractivity (Wildman–Crippen MR) is 98.7 cm³/mol. The summed E-state index contributed by atoms with van der Waals surface area (Å²) in [7, 11) is 0. The van der Waals surface area contributed by atoms with Crippen molar-refractivity contribution in [3.63, 3.8) is 0 Å². The van der Waals surface area contributed by atoms with Crippen LogP contribution in [0.4, 0.5) is 0 Å². The van der Waals surface area contributed by atoms with E-state index in [1.165, 1.54) is 0 Å². The first-order chi connectivity index (χ1) is 12.8. The summed E-state index contributed by atoms with van der Waals surface area (Å²) in [6.45, 7) is 1.29. The Labute approximate surface area is 150 Å². The van der Waals surface area contributed by atoms with E-state index in [1.54, 1.807) is 0 Å². The highest BCUT2D eigenvalue weighted by Gasteiger charge is 2.34. The summed E-state index contributed by atoms with van der Waals surface area (Å²) in [4.78, 5) is 17.7. The van der Waals surface area contributed by atoms with E-state index in [1.807, 2.05) is 76.4 Å². The summed E-state index contributed by atoms with van der Waals surface area (Å²) in [5, 5.41) is 9.54. The number of amides is 1. The van der Waals surface area contributed by atoms with E-state index in [4.69, 9.17) is 0 Å². The Morgan fingerprint density at radius 3 is 2.62 bits per heavy atom. The third-order valence-electron chi connectivity index (χ3n) is 4.86. The molecule has 3 heterocycles. The molecule has 1 N–H and O–H groups in total. The van der Waals surface area contributed by atoms with E-state index in [0.717, 1.165) is 22.2 Å². The first kappa shape index (κ1) is 14.9. The quantitative estimate of drug-likeness (QED) is 0.621. The van der Waals surface area contributed by atoms with Crippen LogP contribution in [0.1, 0.15) is 16.5 Å². The third-order valence-corrected chi connectivity index (χ3v) is 4.86. The lowest BCUT2D eigenvalue weighted by atomic mass is 10.1. The van der Waals surface area contributed by atoms with Gasteiger partial charge in [-0.05, 0) is 12.1 Å². The van der Waals surface area contributed by atoms with E-state index < -0.39 is 0 Å². The summed E-state index contributed by atoms with van der Waals surface area (Å²) >= 11 is 0. The zero-order chi connectivity index (χ0) is 17.5. The Bertz CT molecular complexity index is 1040. The van der Waals surface area contributed by atoms with Crippen LogP contribution in [0.5, 0.6) is 0 Å². The highest BCUT2D eigenvalue weighted by Crippen LogP contribution is 2.25. The SMILES string of the molecule is O=C(c1cc2ccccc2[nH]1)N1CC(n2cc(-c3ccccc3)nn2)C1. The molecule has 2 aromatic carbocycles. The van der Waals surface area contributed by atoms with Gasteiger partial charge in [0, 0.05) is 29.6 Å². The smallest absolute Gasteiger partial charge is 0.270 e. The van der Waals surface area contributed by atoms with Gasteiger partial charge in [-0.25, -0.2) is 4.68 Å². The van der Waals surface area contributed by atoms with Gasteiger partial charge in [0.2, 0.25) is 0 Å². The standard InChI is InChI=1S/C20H17N5O/c26-20(18-10-15-8-4-5-9-17(15)21-18)24-11-16(12-24)25-13-19(22-23-25)14-6-2-1-3-7-14/h1-10,13,16,21H,11-12H2. The van der Waals surface area contributed by atoms with Gasteiger partial charge in [-0.15, -0.1) is 5.10 Å². The minimum atomic E-state index is 0.0286. The topological polar surface area (TPSA) is 66.8 Å². The molecule has 0 unspecified atom stereocenters. The average molecular weight is 343 g/mol. The van der Waals surface area contributed by atoms with Crippen molar-refractivity contribution in [2.24, 2.45) is 0 Å². The number of benzene rings is 2. The number of H-pyrrole nitrogens is 1. The Kier molecular flexibility index (Phi) is 3.35. The minimum Gasteiger partial charge on any atom is -0.351 e. The van der Waals surface area contributed by atoms with Crippen molar-refractivity contribution in [2.75, 3.05) is 13.1 Å². The number of nitrogens with zero attached hydrogens (tertiary/aromatic N) is 4. The second-order valence-corrected chi connectivity index (χ2v) is 6.58. The fourth-order valence-corrected chi connectivity index (χ4v) is 3.34. The van der Waals surface area contributed by atoms with Crippen molar-refractivity contribution in [3.05, 3.63) is 72.6 Å². The summed E-state index contributed by atoms with van der Waals surface area (Å²) in [5.74, 6) is 0.0286. The Morgan fingerprint density at radius 2 is 1.81 bits per heavy atom. The van der Waals surface area contributed by atoms with Crippen molar-refractivity contribution in [1.82, 2.24) is 24.9 Å². The zero-order valence-corrected chi connectivity index (χ0v) is 14.0. The molecule has 1 saturated heterocycles. The van der Waals surface area contributed by atoms with Gasteiger partial charge in [-0.1, -0.05) is 53.7 Å². The predicted octanol–water partition coefficient (Wildman–Crippen LogP) is 3.12. The Balaban J connectivity index is 1.28. The molecule has 6 heteroatoms. The zero-order valence-electron chi connectivity index (χ0n) is 14.0. The van der Waals surface area contributed by atoms with Gasteiger partial charge in [-0.2, -0.15) is 0 Å². The molecule has 0 bridgehead atoms. The lowest BCUT2D eigenvalue weighted by Crippen LogP contribution is -2.51. The number of hydrogen-bond acceptors (Lipinski definition) is 3. The minimum absolute atomic E-state index is 0.0286. The van der Waals surface area contributed by atoms with Crippen LogP contribution < -0.4 is 0 Å². The largest absolute Gasteiger partial charge is 0.351 e. The molecule has 6 nitrogen and oxygen atoms in total. The molecule has 1 fully saturated rings. The van der Waals surface area contributed by atoms with E-state index in [-0.39, 0.29) is 11.9 Å². The number of carbonyl (C=O) groups excluding carboxylic acids is 1. The van der Waals surface area contributed by atoms with Crippen LogP contribution in [0.15, 0.2) is 66.9 Å². The molecule has 0 aliphatic carbocycles. The maximum absolute atomic E-state index is 12.6. The first-order valence-electron chi connectivity index (χ1n) is 8.62. The van der Waals surface area contributed by atoms with Crippen LogP contribution >= 0.6 is 0 Å². The Morgan fingerprint density at radius 1 is 1.04 bits per heavy atom. The molecule has 5 rings (SSSR count). The molecule has 2 aromatic heterocycles. The lowest BCUT2D eigenvalue weighted by molar-refractivity contribution is 0.0493. The normalized spacial score (nSPS) is 14.5. The molecule has 0 saturated carbocycles.